The van der Waals surface area contributed by atoms with Crippen LogP contribution in [0.15, 0.2) is 0 Å². The maximum absolute atomic E-state index is 12.9. The molecular formula is C24H38O2. The standard InChI is InChI=1S/C24H38O2/c1-5-15(2)18-6-7-19-17-9-13-24-14-16(26-21(24)25)8-12-23(24,4)20(17)10-11-22(18,19)3/h15-20H,5-14H2,1-4H3/t15-,16+,17?,18?,19?,20?,22-,23-,24-/m1/s1. The fourth-order valence-electron chi connectivity index (χ4n) is 9.29. The smallest absolute Gasteiger partial charge is 0.313 e. The van der Waals surface area contributed by atoms with E-state index in [1.165, 1.54) is 44.9 Å². The third-order valence-corrected chi connectivity index (χ3v) is 10.9. The summed E-state index contributed by atoms with van der Waals surface area (Å²) in [5, 5.41) is 0. The van der Waals surface area contributed by atoms with Crippen LogP contribution >= 0.6 is 0 Å². The number of esters is 1. The van der Waals surface area contributed by atoms with Crippen LogP contribution in [0.4, 0.5) is 0 Å². The molecule has 0 aromatic carbocycles. The van der Waals surface area contributed by atoms with Crippen LogP contribution < -0.4 is 0 Å². The second-order valence-corrected chi connectivity index (χ2v) is 11.3. The Kier molecular flexibility index (Phi) is 3.72. The topological polar surface area (TPSA) is 26.3 Å². The maximum atomic E-state index is 12.9. The number of carbonyl (C=O) groups is 1. The third kappa shape index (κ3) is 1.92. The minimum atomic E-state index is -0.125. The van der Waals surface area contributed by atoms with Gasteiger partial charge in [-0.05, 0) is 91.8 Å². The van der Waals surface area contributed by atoms with E-state index in [9.17, 15) is 4.79 Å². The molecule has 1 heterocycles. The Morgan fingerprint density at radius 2 is 1.85 bits per heavy atom. The van der Waals surface area contributed by atoms with Gasteiger partial charge in [-0.25, -0.2) is 0 Å². The Balaban J connectivity index is 1.48. The lowest BCUT2D eigenvalue weighted by atomic mass is 9.40. The minimum absolute atomic E-state index is 0.125. The zero-order chi connectivity index (χ0) is 18.3. The minimum Gasteiger partial charge on any atom is -0.462 e. The largest absolute Gasteiger partial charge is 0.462 e. The van der Waals surface area contributed by atoms with Crippen molar-refractivity contribution in [2.75, 3.05) is 0 Å². The third-order valence-electron chi connectivity index (χ3n) is 10.9. The number of hydrogen-bond donors (Lipinski definition) is 0. The Labute approximate surface area is 159 Å². The van der Waals surface area contributed by atoms with Crippen LogP contribution in [-0.4, -0.2) is 12.1 Å². The summed E-state index contributed by atoms with van der Waals surface area (Å²) in [7, 11) is 0. The molecule has 2 heteroatoms. The van der Waals surface area contributed by atoms with E-state index in [1.807, 2.05) is 0 Å². The molecule has 26 heavy (non-hydrogen) atoms. The molecule has 1 aliphatic heterocycles. The van der Waals surface area contributed by atoms with Crippen molar-refractivity contribution in [2.45, 2.75) is 98.0 Å². The van der Waals surface area contributed by atoms with E-state index in [0.29, 0.717) is 5.41 Å². The molecular weight excluding hydrogens is 320 g/mol. The molecule has 5 rings (SSSR count). The van der Waals surface area contributed by atoms with Gasteiger partial charge in [0.25, 0.3) is 0 Å². The van der Waals surface area contributed by atoms with Crippen molar-refractivity contribution >= 4 is 5.97 Å². The van der Waals surface area contributed by atoms with Gasteiger partial charge in [-0.1, -0.05) is 34.1 Å². The second-order valence-electron chi connectivity index (χ2n) is 11.3. The normalized spacial score (nSPS) is 56.3. The summed E-state index contributed by atoms with van der Waals surface area (Å²) >= 11 is 0. The molecule has 4 saturated carbocycles. The quantitative estimate of drug-likeness (QED) is 0.567. The fraction of sp³-hybridized carbons (Fsp3) is 0.958. The predicted molar refractivity (Wildman–Crippen MR) is 103 cm³/mol. The molecule has 2 bridgehead atoms. The molecule has 9 atom stereocenters. The number of fused-ring (bicyclic) bond motifs is 5. The van der Waals surface area contributed by atoms with E-state index in [0.717, 1.165) is 48.9 Å². The van der Waals surface area contributed by atoms with E-state index in [4.69, 9.17) is 4.74 Å². The highest BCUT2D eigenvalue weighted by Crippen LogP contribution is 2.72. The highest BCUT2D eigenvalue weighted by molar-refractivity contribution is 5.81. The first-order chi connectivity index (χ1) is 12.4. The average Bonchev–Trinajstić information content (AvgIpc) is 3.11. The molecule has 4 unspecified atom stereocenters. The first-order valence-electron chi connectivity index (χ1n) is 11.6. The lowest BCUT2D eigenvalue weighted by Gasteiger charge is -2.62. The van der Waals surface area contributed by atoms with Crippen LogP contribution in [0, 0.1) is 45.8 Å². The molecule has 1 spiro atoms. The van der Waals surface area contributed by atoms with E-state index in [2.05, 4.69) is 27.7 Å². The van der Waals surface area contributed by atoms with Crippen molar-refractivity contribution < 1.29 is 9.53 Å². The van der Waals surface area contributed by atoms with Gasteiger partial charge in [-0.15, -0.1) is 0 Å². The number of hydrogen-bond acceptors (Lipinski definition) is 2. The molecule has 0 aromatic heterocycles. The molecule has 146 valence electrons. The zero-order valence-corrected chi connectivity index (χ0v) is 17.4. The Bertz CT molecular complexity index is 613. The predicted octanol–water partition coefficient (Wildman–Crippen LogP) is 5.99. The lowest BCUT2D eigenvalue weighted by Crippen LogP contribution is -2.59. The van der Waals surface area contributed by atoms with E-state index in [1.54, 1.807) is 0 Å². The fourth-order valence-corrected chi connectivity index (χ4v) is 9.29. The summed E-state index contributed by atoms with van der Waals surface area (Å²) in [6.07, 6.45) is 13.0. The second kappa shape index (κ2) is 5.51. The highest BCUT2D eigenvalue weighted by atomic mass is 16.6. The van der Waals surface area contributed by atoms with Crippen molar-refractivity contribution in [3.8, 4) is 0 Å². The lowest BCUT2D eigenvalue weighted by molar-refractivity contribution is -0.173. The van der Waals surface area contributed by atoms with E-state index < -0.39 is 0 Å². The molecule has 0 radical (unpaired) electrons. The number of carbonyl (C=O) groups excluding carboxylic acids is 1. The van der Waals surface area contributed by atoms with Gasteiger partial charge >= 0.3 is 5.97 Å². The Hall–Kier alpha value is -0.530. The summed E-state index contributed by atoms with van der Waals surface area (Å²) in [6.45, 7) is 10.0. The summed E-state index contributed by atoms with van der Waals surface area (Å²) in [5.41, 5.74) is 0.639. The van der Waals surface area contributed by atoms with E-state index in [-0.39, 0.29) is 22.9 Å². The van der Waals surface area contributed by atoms with Crippen molar-refractivity contribution in [3.63, 3.8) is 0 Å². The molecule has 0 N–H and O–H groups in total. The molecule has 5 fully saturated rings. The summed E-state index contributed by atoms with van der Waals surface area (Å²) in [6, 6.07) is 0. The SMILES string of the molecule is CC[C@@H](C)C1CCC2C3CC[C@]45C[C@H](CC[C@]4(C)C3CC[C@@]21C)OC5=O. The van der Waals surface area contributed by atoms with Crippen LogP contribution in [0.25, 0.3) is 0 Å². The average molecular weight is 359 g/mol. The van der Waals surface area contributed by atoms with Gasteiger partial charge in [0.05, 0.1) is 5.41 Å². The maximum Gasteiger partial charge on any atom is 0.313 e. The first-order valence-corrected chi connectivity index (χ1v) is 11.6. The van der Waals surface area contributed by atoms with Crippen LogP contribution in [0.5, 0.6) is 0 Å². The van der Waals surface area contributed by atoms with Crippen LogP contribution in [0.3, 0.4) is 0 Å². The van der Waals surface area contributed by atoms with Crippen LogP contribution in [-0.2, 0) is 9.53 Å². The van der Waals surface area contributed by atoms with Crippen molar-refractivity contribution in [1.82, 2.24) is 0 Å². The summed E-state index contributed by atoms with van der Waals surface area (Å²) in [4.78, 5) is 12.9. The zero-order valence-electron chi connectivity index (χ0n) is 17.4. The Morgan fingerprint density at radius 3 is 2.62 bits per heavy atom. The summed E-state index contributed by atoms with van der Waals surface area (Å²) < 4.78 is 5.82. The summed E-state index contributed by atoms with van der Waals surface area (Å²) in [5.74, 6) is 4.50. The molecule has 0 aromatic rings. The Morgan fingerprint density at radius 1 is 1.04 bits per heavy atom. The highest BCUT2D eigenvalue weighted by Gasteiger charge is 2.70. The van der Waals surface area contributed by atoms with Gasteiger partial charge in [-0.3, -0.25) is 4.79 Å². The van der Waals surface area contributed by atoms with Crippen molar-refractivity contribution in [3.05, 3.63) is 0 Å². The molecule has 0 amide bonds. The van der Waals surface area contributed by atoms with Crippen molar-refractivity contribution in [2.24, 2.45) is 45.8 Å². The van der Waals surface area contributed by atoms with E-state index >= 15 is 0 Å². The van der Waals surface area contributed by atoms with Crippen LogP contribution in [0.2, 0.25) is 0 Å². The molecule has 2 nitrogen and oxygen atoms in total. The van der Waals surface area contributed by atoms with Gasteiger partial charge in [-0.2, -0.15) is 0 Å². The van der Waals surface area contributed by atoms with Crippen LogP contribution in [0.1, 0.15) is 91.9 Å². The number of rotatable bonds is 2. The molecule has 5 aliphatic rings. The number of ether oxygens (including phenoxy) is 1. The monoisotopic (exact) mass is 358 g/mol. The van der Waals surface area contributed by atoms with Crippen molar-refractivity contribution in [1.29, 1.82) is 0 Å². The molecule has 1 saturated heterocycles. The molecule has 4 aliphatic carbocycles. The van der Waals surface area contributed by atoms with Gasteiger partial charge in [0.15, 0.2) is 0 Å². The van der Waals surface area contributed by atoms with Gasteiger partial charge < -0.3 is 4.74 Å². The van der Waals surface area contributed by atoms with Gasteiger partial charge in [0.1, 0.15) is 6.10 Å². The first kappa shape index (κ1) is 17.6. The van der Waals surface area contributed by atoms with Gasteiger partial charge in [0.2, 0.25) is 0 Å². The van der Waals surface area contributed by atoms with Gasteiger partial charge in [0, 0.05) is 6.42 Å².